The highest BCUT2D eigenvalue weighted by atomic mass is 127. The van der Waals surface area contributed by atoms with Crippen molar-refractivity contribution in [2.75, 3.05) is 13.2 Å². The molecule has 0 saturated carbocycles. The van der Waals surface area contributed by atoms with Gasteiger partial charge in [0.2, 0.25) is 0 Å². The third-order valence-corrected chi connectivity index (χ3v) is 3.13. The molecule has 0 bridgehead atoms. The summed E-state index contributed by atoms with van der Waals surface area (Å²) in [5.74, 6) is 0. The fourth-order valence-corrected chi connectivity index (χ4v) is 1.87. The van der Waals surface area contributed by atoms with E-state index < -0.39 is 0 Å². The Balaban J connectivity index is 2.43. The molecule has 1 rings (SSSR count). The largest absolute Gasteiger partial charge is 0.380 e. The van der Waals surface area contributed by atoms with E-state index in [-0.39, 0.29) is 0 Å². The van der Waals surface area contributed by atoms with Gasteiger partial charge in [-0.2, -0.15) is 0 Å². The van der Waals surface area contributed by atoms with Gasteiger partial charge >= 0.3 is 0 Å². The Morgan fingerprint density at radius 3 is 2.50 bits per heavy atom. The van der Waals surface area contributed by atoms with Crippen LogP contribution in [0, 0.1) is 6.92 Å². The number of ether oxygens (including phenoxy) is 1. The molecule has 0 heterocycles. The maximum atomic E-state index is 5.52. The Hall–Kier alpha value is -0.0900. The van der Waals surface area contributed by atoms with Crippen LogP contribution in [0.25, 0.3) is 0 Å². The molecule has 1 atom stereocenters. The van der Waals surface area contributed by atoms with Crippen LogP contribution < -0.4 is 0 Å². The first-order chi connectivity index (χ1) is 6.74. The van der Waals surface area contributed by atoms with Gasteiger partial charge in [-0.05, 0) is 18.9 Å². The summed E-state index contributed by atoms with van der Waals surface area (Å²) < 4.78 is 5.99. The third kappa shape index (κ3) is 3.96. The van der Waals surface area contributed by atoms with Crippen molar-refractivity contribution >= 4 is 22.6 Å². The first-order valence-corrected chi connectivity index (χ1v) is 6.27. The molecule has 1 aromatic rings. The molecule has 0 aliphatic rings. The van der Waals surface area contributed by atoms with Crippen LogP contribution in [0.15, 0.2) is 24.3 Å². The standard InChI is InChI=1S/C12H17IO/c1-3-8-14-9-12(13)11-6-4-10(2)5-7-11/h4-7,12H,3,8-9H2,1-2H3. The summed E-state index contributed by atoms with van der Waals surface area (Å²) >= 11 is 2.43. The van der Waals surface area contributed by atoms with Crippen molar-refractivity contribution in [2.45, 2.75) is 24.2 Å². The van der Waals surface area contributed by atoms with Crippen LogP contribution in [-0.4, -0.2) is 13.2 Å². The topological polar surface area (TPSA) is 9.23 Å². The predicted molar refractivity (Wildman–Crippen MR) is 69.1 cm³/mol. The lowest BCUT2D eigenvalue weighted by atomic mass is 10.1. The van der Waals surface area contributed by atoms with Crippen LogP contribution in [0.2, 0.25) is 0 Å². The van der Waals surface area contributed by atoms with Gasteiger partial charge in [-0.25, -0.2) is 0 Å². The minimum absolute atomic E-state index is 0.472. The molecule has 14 heavy (non-hydrogen) atoms. The quantitative estimate of drug-likeness (QED) is 0.455. The Bertz CT molecular complexity index is 256. The first kappa shape index (κ1) is 12.0. The number of hydrogen-bond donors (Lipinski definition) is 0. The molecular weight excluding hydrogens is 287 g/mol. The Labute approximate surface area is 100.0 Å². The lowest BCUT2D eigenvalue weighted by Gasteiger charge is -2.10. The first-order valence-electron chi connectivity index (χ1n) is 5.02. The van der Waals surface area contributed by atoms with Crippen molar-refractivity contribution < 1.29 is 4.74 Å². The van der Waals surface area contributed by atoms with Gasteiger partial charge in [-0.1, -0.05) is 59.3 Å². The van der Waals surface area contributed by atoms with Crippen LogP contribution in [-0.2, 0) is 4.74 Å². The van der Waals surface area contributed by atoms with Gasteiger partial charge < -0.3 is 4.74 Å². The van der Waals surface area contributed by atoms with E-state index in [1.807, 2.05) is 0 Å². The smallest absolute Gasteiger partial charge is 0.0624 e. The molecule has 0 aliphatic heterocycles. The summed E-state index contributed by atoms with van der Waals surface area (Å²) in [6, 6.07) is 8.67. The van der Waals surface area contributed by atoms with Gasteiger partial charge in [0.05, 0.1) is 10.5 Å². The maximum Gasteiger partial charge on any atom is 0.0624 e. The van der Waals surface area contributed by atoms with Crippen LogP contribution >= 0.6 is 22.6 Å². The van der Waals surface area contributed by atoms with E-state index in [0.717, 1.165) is 19.6 Å². The summed E-state index contributed by atoms with van der Waals surface area (Å²) in [6.07, 6.45) is 1.09. The Morgan fingerprint density at radius 2 is 1.93 bits per heavy atom. The number of aryl methyl sites for hydroxylation is 1. The second-order valence-corrected chi connectivity index (χ2v) is 4.96. The van der Waals surface area contributed by atoms with E-state index in [4.69, 9.17) is 4.74 Å². The fourth-order valence-electron chi connectivity index (χ4n) is 1.20. The lowest BCUT2D eigenvalue weighted by Crippen LogP contribution is -2.02. The molecule has 0 fully saturated rings. The average Bonchev–Trinajstić information content (AvgIpc) is 2.19. The molecule has 0 radical (unpaired) electrons. The second-order valence-electron chi connectivity index (χ2n) is 3.45. The summed E-state index contributed by atoms with van der Waals surface area (Å²) in [5, 5.41) is 0. The van der Waals surface area contributed by atoms with Crippen LogP contribution in [0.1, 0.15) is 28.4 Å². The zero-order chi connectivity index (χ0) is 10.4. The molecule has 0 aromatic heterocycles. The van der Waals surface area contributed by atoms with E-state index in [0.29, 0.717) is 3.92 Å². The molecule has 0 saturated heterocycles. The zero-order valence-corrected chi connectivity index (χ0v) is 11.0. The highest BCUT2D eigenvalue weighted by Gasteiger charge is 2.06. The van der Waals surface area contributed by atoms with Crippen LogP contribution in [0.3, 0.4) is 0 Å². The number of alkyl halides is 1. The molecule has 0 aliphatic carbocycles. The molecule has 1 unspecified atom stereocenters. The van der Waals surface area contributed by atoms with Gasteiger partial charge in [0, 0.05) is 6.61 Å². The summed E-state index contributed by atoms with van der Waals surface area (Å²) in [4.78, 5) is 0. The minimum Gasteiger partial charge on any atom is -0.380 e. The zero-order valence-electron chi connectivity index (χ0n) is 8.79. The van der Waals surface area contributed by atoms with E-state index >= 15 is 0 Å². The van der Waals surface area contributed by atoms with Crippen molar-refractivity contribution in [3.8, 4) is 0 Å². The SMILES string of the molecule is CCCOCC(I)c1ccc(C)cc1. The maximum absolute atomic E-state index is 5.52. The second kappa shape index (κ2) is 6.40. The van der Waals surface area contributed by atoms with Gasteiger partial charge in [-0.3, -0.25) is 0 Å². The lowest BCUT2D eigenvalue weighted by molar-refractivity contribution is 0.138. The van der Waals surface area contributed by atoms with E-state index in [1.54, 1.807) is 0 Å². The van der Waals surface area contributed by atoms with Gasteiger partial charge in [-0.15, -0.1) is 0 Å². The molecule has 0 amide bonds. The summed E-state index contributed by atoms with van der Waals surface area (Å²) in [5.41, 5.74) is 2.67. The van der Waals surface area contributed by atoms with E-state index in [1.165, 1.54) is 11.1 Å². The third-order valence-electron chi connectivity index (χ3n) is 2.05. The summed E-state index contributed by atoms with van der Waals surface area (Å²) in [7, 11) is 0. The van der Waals surface area contributed by atoms with Crippen molar-refractivity contribution in [3.05, 3.63) is 35.4 Å². The van der Waals surface area contributed by atoms with Crippen molar-refractivity contribution in [2.24, 2.45) is 0 Å². The molecule has 0 spiro atoms. The van der Waals surface area contributed by atoms with Crippen molar-refractivity contribution in [1.82, 2.24) is 0 Å². The number of rotatable bonds is 5. The Kier molecular flexibility index (Phi) is 5.48. The fraction of sp³-hybridized carbons (Fsp3) is 0.500. The van der Waals surface area contributed by atoms with E-state index in [9.17, 15) is 0 Å². The minimum atomic E-state index is 0.472. The highest BCUT2D eigenvalue weighted by molar-refractivity contribution is 14.1. The average molecular weight is 304 g/mol. The highest BCUT2D eigenvalue weighted by Crippen LogP contribution is 2.23. The van der Waals surface area contributed by atoms with Gasteiger partial charge in [0.15, 0.2) is 0 Å². The number of hydrogen-bond acceptors (Lipinski definition) is 1. The van der Waals surface area contributed by atoms with Gasteiger partial charge in [0.1, 0.15) is 0 Å². The van der Waals surface area contributed by atoms with Crippen LogP contribution in [0.4, 0.5) is 0 Å². The number of halogens is 1. The van der Waals surface area contributed by atoms with E-state index in [2.05, 4.69) is 60.7 Å². The number of benzene rings is 1. The molecule has 0 N–H and O–H groups in total. The normalized spacial score (nSPS) is 12.8. The molecule has 1 aromatic carbocycles. The molecular formula is C12H17IO. The van der Waals surface area contributed by atoms with Crippen molar-refractivity contribution in [1.29, 1.82) is 0 Å². The molecule has 2 heteroatoms. The molecule has 1 nitrogen and oxygen atoms in total. The van der Waals surface area contributed by atoms with Crippen LogP contribution in [0.5, 0.6) is 0 Å². The predicted octanol–water partition coefficient (Wildman–Crippen LogP) is 3.90. The monoisotopic (exact) mass is 304 g/mol. The van der Waals surface area contributed by atoms with Crippen molar-refractivity contribution in [3.63, 3.8) is 0 Å². The summed E-state index contributed by atoms with van der Waals surface area (Å²) in [6.45, 7) is 5.93. The van der Waals surface area contributed by atoms with Gasteiger partial charge in [0.25, 0.3) is 0 Å². The Morgan fingerprint density at radius 1 is 1.29 bits per heavy atom. The molecule has 78 valence electrons.